The van der Waals surface area contributed by atoms with Gasteiger partial charge in [0.05, 0.1) is 5.56 Å². The van der Waals surface area contributed by atoms with Crippen LogP contribution in [-0.4, -0.2) is 11.9 Å². The fourth-order valence-electron chi connectivity index (χ4n) is 2.96. The zero-order valence-electron chi connectivity index (χ0n) is 12.4. The molecule has 0 radical (unpaired) electrons. The van der Waals surface area contributed by atoms with E-state index >= 15 is 0 Å². The van der Waals surface area contributed by atoms with Crippen LogP contribution >= 0.6 is 0 Å². The Balaban J connectivity index is 2.20. The van der Waals surface area contributed by atoms with Crippen LogP contribution < -0.4 is 11.1 Å². The average molecular weight is 278 g/mol. The quantitative estimate of drug-likeness (QED) is 0.814. The molecule has 1 unspecified atom stereocenters. The van der Waals surface area contributed by atoms with Gasteiger partial charge >= 0.3 is 0 Å². The van der Waals surface area contributed by atoms with Gasteiger partial charge in [0.1, 0.15) is 5.82 Å². The predicted molar refractivity (Wildman–Crippen MR) is 79.1 cm³/mol. The molecule has 0 aromatic heterocycles. The molecule has 1 aromatic rings. The van der Waals surface area contributed by atoms with Crippen LogP contribution in [0, 0.1) is 18.2 Å². The van der Waals surface area contributed by atoms with Gasteiger partial charge in [-0.1, -0.05) is 26.7 Å². The fourth-order valence-corrected chi connectivity index (χ4v) is 2.96. The number of amides is 1. The van der Waals surface area contributed by atoms with Crippen LogP contribution in [0.3, 0.4) is 0 Å². The highest BCUT2D eigenvalue weighted by molar-refractivity contribution is 5.95. The Labute approximate surface area is 119 Å². The summed E-state index contributed by atoms with van der Waals surface area (Å²) in [6.07, 6.45) is 4.32. The molecule has 1 atom stereocenters. The number of carbonyl (C=O) groups is 1. The van der Waals surface area contributed by atoms with Gasteiger partial charge in [0, 0.05) is 11.7 Å². The second-order valence-corrected chi connectivity index (χ2v) is 6.46. The molecule has 1 fully saturated rings. The SMILES string of the molecule is Cc1cc(N)cc(C(=O)NC2CCCCC2(C)C)c1F. The molecule has 1 amide bonds. The summed E-state index contributed by atoms with van der Waals surface area (Å²) in [5.74, 6) is -0.844. The van der Waals surface area contributed by atoms with Gasteiger partial charge in [-0.25, -0.2) is 4.39 Å². The molecule has 2 rings (SSSR count). The number of nitrogens with two attached hydrogens (primary N) is 1. The highest BCUT2D eigenvalue weighted by Gasteiger charge is 2.33. The molecule has 0 saturated heterocycles. The number of aryl methyl sites for hydroxylation is 1. The fraction of sp³-hybridized carbons (Fsp3) is 0.562. The maximum atomic E-state index is 14.1. The van der Waals surface area contributed by atoms with Gasteiger partial charge in [0.15, 0.2) is 0 Å². The van der Waals surface area contributed by atoms with Gasteiger partial charge in [0.25, 0.3) is 5.91 Å². The van der Waals surface area contributed by atoms with Gasteiger partial charge in [-0.2, -0.15) is 0 Å². The molecule has 3 N–H and O–H groups in total. The zero-order chi connectivity index (χ0) is 14.9. The third-order valence-corrected chi connectivity index (χ3v) is 4.33. The summed E-state index contributed by atoms with van der Waals surface area (Å²) in [5.41, 5.74) is 6.62. The van der Waals surface area contributed by atoms with Gasteiger partial charge in [-0.15, -0.1) is 0 Å². The van der Waals surface area contributed by atoms with Crippen molar-refractivity contribution in [2.75, 3.05) is 5.73 Å². The van der Waals surface area contributed by atoms with Crippen molar-refractivity contribution in [1.82, 2.24) is 5.32 Å². The number of hydrogen-bond acceptors (Lipinski definition) is 2. The van der Waals surface area contributed by atoms with E-state index in [1.807, 2.05) is 0 Å². The molecular formula is C16H23FN2O. The summed E-state index contributed by atoms with van der Waals surface area (Å²) in [6.45, 7) is 5.92. The van der Waals surface area contributed by atoms with Crippen LogP contribution in [-0.2, 0) is 0 Å². The lowest BCUT2D eigenvalue weighted by atomic mass is 9.73. The van der Waals surface area contributed by atoms with Gasteiger partial charge in [-0.3, -0.25) is 4.79 Å². The molecule has 0 heterocycles. The summed E-state index contributed by atoms with van der Waals surface area (Å²) in [7, 11) is 0. The molecule has 4 heteroatoms. The smallest absolute Gasteiger partial charge is 0.254 e. The van der Waals surface area contributed by atoms with E-state index in [-0.39, 0.29) is 22.9 Å². The third kappa shape index (κ3) is 2.94. The summed E-state index contributed by atoms with van der Waals surface area (Å²) in [4.78, 5) is 12.3. The van der Waals surface area contributed by atoms with E-state index in [0.717, 1.165) is 19.3 Å². The van der Waals surface area contributed by atoms with E-state index in [1.165, 1.54) is 18.6 Å². The number of anilines is 1. The number of halogens is 1. The summed E-state index contributed by atoms with van der Waals surface area (Å²) >= 11 is 0. The Morgan fingerprint density at radius 3 is 2.75 bits per heavy atom. The number of carbonyl (C=O) groups excluding carboxylic acids is 1. The van der Waals surface area contributed by atoms with Crippen molar-refractivity contribution in [3.8, 4) is 0 Å². The second kappa shape index (κ2) is 5.43. The molecule has 0 spiro atoms. The van der Waals surface area contributed by atoms with E-state index in [0.29, 0.717) is 11.3 Å². The van der Waals surface area contributed by atoms with E-state index < -0.39 is 5.82 Å². The minimum Gasteiger partial charge on any atom is -0.399 e. The molecule has 1 aromatic carbocycles. The van der Waals surface area contributed by atoms with Crippen LogP contribution in [0.25, 0.3) is 0 Å². The molecule has 1 aliphatic carbocycles. The van der Waals surface area contributed by atoms with Crippen LogP contribution in [0.4, 0.5) is 10.1 Å². The third-order valence-electron chi connectivity index (χ3n) is 4.33. The van der Waals surface area contributed by atoms with Crippen molar-refractivity contribution in [3.63, 3.8) is 0 Å². The van der Waals surface area contributed by atoms with E-state index in [9.17, 15) is 9.18 Å². The molecule has 0 bridgehead atoms. The standard InChI is InChI=1S/C16H23FN2O/c1-10-8-11(18)9-12(14(10)17)15(20)19-13-6-4-5-7-16(13,2)3/h8-9,13H,4-7,18H2,1-3H3,(H,19,20). The highest BCUT2D eigenvalue weighted by Crippen LogP contribution is 2.35. The lowest BCUT2D eigenvalue weighted by molar-refractivity contribution is 0.0849. The minimum absolute atomic E-state index is 0.0453. The van der Waals surface area contributed by atoms with Crippen molar-refractivity contribution < 1.29 is 9.18 Å². The first-order valence-corrected chi connectivity index (χ1v) is 7.18. The van der Waals surface area contributed by atoms with Crippen molar-refractivity contribution in [2.45, 2.75) is 52.5 Å². The Kier molecular flexibility index (Phi) is 4.02. The van der Waals surface area contributed by atoms with E-state index in [1.54, 1.807) is 6.92 Å². The normalized spacial score (nSPS) is 21.5. The molecule has 3 nitrogen and oxygen atoms in total. The van der Waals surface area contributed by atoms with Crippen LogP contribution in [0.1, 0.15) is 55.5 Å². The first-order valence-electron chi connectivity index (χ1n) is 7.18. The Morgan fingerprint density at radius 1 is 1.40 bits per heavy atom. The van der Waals surface area contributed by atoms with Gasteiger partial charge in [0.2, 0.25) is 0 Å². The number of nitrogens with one attached hydrogen (secondary N) is 1. The summed E-state index contributed by atoms with van der Waals surface area (Å²) < 4.78 is 14.1. The van der Waals surface area contributed by atoms with Gasteiger partial charge < -0.3 is 11.1 Å². The van der Waals surface area contributed by atoms with E-state index in [4.69, 9.17) is 5.73 Å². The summed E-state index contributed by atoms with van der Waals surface area (Å²) in [5, 5.41) is 2.99. The highest BCUT2D eigenvalue weighted by atomic mass is 19.1. The lowest BCUT2D eigenvalue weighted by Gasteiger charge is -2.39. The molecule has 1 aliphatic rings. The van der Waals surface area contributed by atoms with Crippen LogP contribution in [0.15, 0.2) is 12.1 Å². The van der Waals surface area contributed by atoms with Crippen LogP contribution in [0.5, 0.6) is 0 Å². The first kappa shape index (κ1) is 14.8. The predicted octanol–water partition coefficient (Wildman–Crippen LogP) is 3.41. The second-order valence-electron chi connectivity index (χ2n) is 6.46. The topological polar surface area (TPSA) is 55.1 Å². The zero-order valence-corrected chi connectivity index (χ0v) is 12.4. The van der Waals surface area contributed by atoms with Crippen molar-refractivity contribution in [3.05, 3.63) is 29.1 Å². The Hall–Kier alpha value is -1.58. The molecule has 0 aliphatic heterocycles. The van der Waals surface area contributed by atoms with Crippen LogP contribution in [0.2, 0.25) is 0 Å². The lowest BCUT2D eigenvalue weighted by Crippen LogP contribution is -2.47. The monoisotopic (exact) mass is 278 g/mol. The molecule has 1 saturated carbocycles. The molecule has 110 valence electrons. The maximum Gasteiger partial charge on any atom is 0.254 e. The Bertz CT molecular complexity index is 525. The summed E-state index contributed by atoms with van der Waals surface area (Å²) in [6, 6.07) is 3.04. The van der Waals surface area contributed by atoms with Crippen molar-refractivity contribution in [2.24, 2.45) is 5.41 Å². The first-order chi connectivity index (χ1) is 9.31. The maximum absolute atomic E-state index is 14.1. The average Bonchev–Trinajstić information content (AvgIpc) is 2.36. The Morgan fingerprint density at radius 2 is 2.10 bits per heavy atom. The number of rotatable bonds is 2. The van der Waals surface area contributed by atoms with Gasteiger partial charge in [-0.05, 0) is 42.9 Å². The van der Waals surface area contributed by atoms with Crippen molar-refractivity contribution in [1.29, 1.82) is 0 Å². The minimum atomic E-state index is -0.481. The molecule has 20 heavy (non-hydrogen) atoms. The number of hydrogen-bond donors (Lipinski definition) is 2. The molecular weight excluding hydrogens is 255 g/mol. The largest absolute Gasteiger partial charge is 0.399 e. The van der Waals surface area contributed by atoms with Crippen molar-refractivity contribution >= 4 is 11.6 Å². The van der Waals surface area contributed by atoms with E-state index in [2.05, 4.69) is 19.2 Å². The number of nitrogen functional groups attached to an aromatic ring is 1. The number of benzene rings is 1.